The van der Waals surface area contributed by atoms with Gasteiger partial charge >= 0.3 is 0 Å². The fourth-order valence-corrected chi connectivity index (χ4v) is 10.8. The van der Waals surface area contributed by atoms with Gasteiger partial charge in [-0.1, -0.05) is 220 Å². The molecular formula is C71H119NO18. The van der Waals surface area contributed by atoms with Crippen molar-refractivity contribution in [3.05, 3.63) is 109 Å². The van der Waals surface area contributed by atoms with E-state index < -0.39 is 124 Å². The molecule has 17 unspecified atom stereocenters. The highest BCUT2D eigenvalue weighted by Crippen LogP contribution is 2.33. The van der Waals surface area contributed by atoms with Crippen molar-refractivity contribution >= 4 is 5.91 Å². The van der Waals surface area contributed by atoms with Crippen molar-refractivity contribution in [1.82, 2.24) is 5.32 Å². The number of ether oxygens (including phenoxy) is 6. The molecule has 19 heteroatoms. The molecule has 0 saturated carbocycles. The number of allylic oxidation sites excluding steroid dienone is 17. The molecule has 0 aromatic rings. The Labute approximate surface area is 538 Å². The van der Waals surface area contributed by atoms with Gasteiger partial charge in [-0.2, -0.15) is 0 Å². The number of hydrogen-bond donors (Lipinski definition) is 12. The molecule has 19 nitrogen and oxygen atoms in total. The van der Waals surface area contributed by atoms with Gasteiger partial charge in [0.2, 0.25) is 5.91 Å². The van der Waals surface area contributed by atoms with E-state index in [0.717, 1.165) is 116 Å². The van der Waals surface area contributed by atoms with E-state index >= 15 is 0 Å². The molecule has 3 aliphatic rings. The maximum atomic E-state index is 13.3. The SMILES string of the molecule is CC/C=C\C/C=C\C/C=C\C/C=C\C/C=C\C/C=C\C/C=C\C/C=C\CCCCCCCCCCCCCCC(=O)NC(COC1OC(CO)C(OC2OC(CO)C(OC3OC(CO)C(O)C(O)C3O)C(O)C2O)C(O)C1O)C(O)/C=C/CCCCCCCC. The van der Waals surface area contributed by atoms with Crippen molar-refractivity contribution in [2.45, 2.75) is 304 Å². The lowest BCUT2D eigenvalue weighted by molar-refractivity contribution is -0.379. The van der Waals surface area contributed by atoms with Crippen LogP contribution >= 0.6 is 0 Å². The highest BCUT2D eigenvalue weighted by molar-refractivity contribution is 5.76. The summed E-state index contributed by atoms with van der Waals surface area (Å²) in [6, 6.07) is -0.978. The van der Waals surface area contributed by atoms with Gasteiger partial charge < -0.3 is 89.9 Å². The Bertz CT molecular complexity index is 2060. The molecule has 0 spiro atoms. The number of amides is 1. The minimum absolute atomic E-state index is 0.234. The molecule has 0 aromatic heterocycles. The Hall–Kier alpha value is -3.55. The number of carbonyl (C=O) groups excluding carboxylic acids is 1. The van der Waals surface area contributed by atoms with Crippen molar-refractivity contribution in [2.75, 3.05) is 26.4 Å². The maximum Gasteiger partial charge on any atom is 0.220 e. The second-order valence-electron chi connectivity index (χ2n) is 23.9. The molecule has 90 heavy (non-hydrogen) atoms. The number of hydrogen-bond acceptors (Lipinski definition) is 18. The van der Waals surface area contributed by atoms with Crippen molar-refractivity contribution < 1.29 is 89.4 Å². The van der Waals surface area contributed by atoms with Crippen LogP contribution in [0.15, 0.2) is 109 Å². The van der Waals surface area contributed by atoms with Gasteiger partial charge in [-0.25, -0.2) is 0 Å². The molecule has 3 aliphatic heterocycles. The Morgan fingerprint density at radius 2 is 0.767 bits per heavy atom. The van der Waals surface area contributed by atoms with Crippen LogP contribution in [0.3, 0.4) is 0 Å². The van der Waals surface area contributed by atoms with E-state index in [0.29, 0.717) is 6.42 Å². The summed E-state index contributed by atoms with van der Waals surface area (Å²) in [7, 11) is 0. The molecule has 0 bridgehead atoms. The first-order chi connectivity index (χ1) is 43.8. The minimum atomic E-state index is -1.98. The highest BCUT2D eigenvalue weighted by atomic mass is 16.8. The zero-order valence-electron chi connectivity index (χ0n) is 54.3. The van der Waals surface area contributed by atoms with E-state index in [1.807, 2.05) is 6.08 Å². The summed E-state index contributed by atoms with van der Waals surface area (Å²) < 4.78 is 34.2. The molecule has 17 atom stereocenters. The Kier molecular flexibility index (Phi) is 46.5. The lowest BCUT2D eigenvalue weighted by atomic mass is 9.96. The van der Waals surface area contributed by atoms with Gasteiger partial charge in [-0.3, -0.25) is 4.79 Å². The zero-order valence-corrected chi connectivity index (χ0v) is 54.3. The number of carbonyl (C=O) groups is 1. The van der Waals surface area contributed by atoms with Crippen LogP contribution in [0.4, 0.5) is 0 Å². The van der Waals surface area contributed by atoms with Crippen molar-refractivity contribution in [3.8, 4) is 0 Å². The average molecular weight is 1270 g/mol. The van der Waals surface area contributed by atoms with E-state index in [9.17, 15) is 61.0 Å². The molecule has 3 heterocycles. The summed E-state index contributed by atoms with van der Waals surface area (Å²) in [5, 5.41) is 120. The molecular weight excluding hydrogens is 1150 g/mol. The Balaban J connectivity index is 1.31. The van der Waals surface area contributed by atoms with Crippen molar-refractivity contribution in [3.63, 3.8) is 0 Å². The fraction of sp³-hybridized carbons (Fsp3) is 0.732. The summed E-state index contributed by atoms with van der Waals surface area (Å²) in [6.45, 7) is 1.53. The Morgan fingerprint density at radius 3 is 1.20 bits per heavy atom. The van der Waals surface area contributed by atoms with Crippen LogP contribution in [0.2, 0.25) is 0 Å². The second kappa shape index (κ2) is 51.8. The van der Waals surface area contributed by atoms with Crippen LogP contribution in [-0.4, -0.2) is 193 Å². The average Bonchev–Trinajstić information content (AvgIpc) is 0.847. The van der Waals surface area contributed by atoms with Crippen LogP contribution in [0.5, 0.6) is 0 Å². The third-order valence-electron chi connectivity index (χ3n) is 16.3. The molecule has 0 radical (unpaired) electrons. The minimum Gasteiger partial charge on any atom is -0.394 e. The van der Waals surface area contributed by atoms with Crippen molar-refractivity contribution in [2.24, 2.45) is 0 Å². The predicted octanol–water partition coefficient (Wildman–Crippen LogP) is 8.66. The van der Waals surface area contributed by atoms with Gasteiger partial charge in [0.25, 0.3) is 0 Å². The van der Waals surface area contributed by atoms with Gasteiger partial charge in [0.15, 0.2) is 18.9 Å². The largest absolute Gasteiger partial charge is 0.394 e. The molecule has 3 saturated heterocycles. The van der Waals surface area contributed by atoms with E-state index in [2.05, 4.69) is 116 Å². The monoisotopic (exact) mass is 1270 g/mol. The predicted molar refractivity (Wildman–Crippen MR) is 350 cm³/mol. The number of unbranched alkanes of at least 4 members (excludes halogenated alkanes) is 18. The third-order valence-corrected chi connectivity index (χ3v) is 16.3. The molecule has 3 fully saturated rings. The molecule has 0 aromatic carbocycles. The second-order valence-corrected chi connectivity index (χ2v) is 23.9. The standard InChI is InChI=1S/C71H119NO18/c1-3-5-7-9-11-13-14-15-16-17-18-19-20-21-22-23-24-25-26-27-28-29-30-31-32-33-34-35-36-37-38-39-40-41-43-45-47-49-59(77)72-54(55(76)48-46-44-42-12-10-8-6-4-2)53-85-69-65(83)62(80)67(57(51-74)87-69)90-71-66(84)63(81)68(58(52-75)88-71)89-70-64(82)61(79)60(78)56(50-73)86-70/h5,7,11,13,15-16,18-19,21-22,24-25,27-28,30-31,46,48,54-58,60-71,73-76,78-84H,3-4,6,8-10,12,14,17,20,23,26,29,32-45,47,49-53H2,1-2H3,(H,72,77)/b7-5-,13-11-,16-15-,19-18-,22-21-,25-24-,28-27-,31-30-,48-46+. The molecule has 1 amide bonds. The van der Waals surface area contributed by atoms with Gasteiger partial charge in [-0.15, -0.1) is 0 Å². The summed E-state index contributed by atoms with van der Waals surface area (Å²) in [5.74, 6) is -0.286. The van der Waals surface area contributed by atoms with Crippen LogP contribution in [-0.2, 0) is 33.2 Å². The van der Waals surface area contributed by atoms with E-state index in [1.54, 1.807) is 6.08 Å². The van der Waals surface area contributed by atoms with E-state index in [1.165, 1.54) is 57.8 Å². The fourth-order valence-electron chi connectivity index (χ4n) is 10.8. The summed E-state index contributed by atoms with van der Waals surface area (Å²) in [6.07, 6.45) is 42.6. The van der Waals surface area contributed by atoms with E-state index in [4.69, 9.17) is 28.4 Å². The number of nitrogens with one attached hydrogen (secondary N) is 1. The molecule has 3 rings (SSSR count). The van der Waals surface area contributed by atoms with Gasteiger partial charge in [-0.05, 0) is 83.5 Å². The smallest absolute Gasteiger partial charge is 0.220 e. The first kappa shape index (κ1) is 80.7. The van der Waals surface area contributed by atoms with Gasteiger partial charge in [0, 0.05) is 6.42 Å². The number of aliphatic hydroxyl groups excluding tert-OH is 11. The maximum absolute atomic E-state index is 13.3. The molecule has 516 valence electrons. The van der Waals surface area contributed by atoms with Crippen LogP contribution in [0.25, 0.3) is 0 Å². The lowest BCUT2D eigenvalue weighted by Crippen LogP contribution is -2.66. The molecule has 0 aliphatic carbocycles. The first-order valence-corrected chi connectivity index (χ1v) is 34.1. The highest BCUT2D eigenvalue weighted by Gasteiger charge is 2.53. The Morgan fingerprint density at radius 1 is 0.411 bits per heavy atom. The van der Waals surface area contributed by atoms with Crippen molar-refractivity contribution in [1.29, 1.82) is 0 Å². The quantitative estimate of drug-likeness (QED) is 0.0200. The van der Waals surface area contributed by atoms with E-state index in [-0.39, 0.29) is 18.9 Å². The lowest BCUT2D eigenvalue weighted by Gasteiger charge is -2.48. The summed E-state index contributed by atoms with van der Waals surface area (Å²) in [5.41, 5.74) is 0. The number of aliphatic hydroxyl groups is 11. The van der Waals surface area contributed by atoms with Crippen LogP contribution < -0.4 is 5.32 Å². The molecule has 12 N–H and O–H groups in total. The zero-order chi connectivity index (χ0) is 65.4. The third kappa shape index (κ3) is 33.5. The van der Waals surface area contributed by atoms with Crippen LogP contribution in [0.1, 0.15) is 200 Å². The summed E-state index contributed by atoms with van der Waals surface area (Å²) >= 11 is 0. The van der Waals surface area contributed by atoms with Gasteiger partial charge in [0.1, 0.15) is 73.2 Å². The topological polar surface area (TPSA) is 307 Å². The van der Waals surface area contributed by atoms with Crippen LogP contribution in [0, 0.1) is 0 Å². The normalized spacial score (nSPS) is 28.7. The van der Waals surface area contributed by atoms with Gasteiger partial charge in [0.05, 0.1) is 38.6 Å². The first-order valence-electron chi connectivity index (χ1n) is 34.1. The number of rotatable bonds is 50. The summed E-state index contributed by atoms with van der Waals surface area (Å²) in [4.78, 5) is 13.3.